The molecule has 8 nitrogen and oxygen atoms in total. The number of anilines is 1. The van der Waals surface area contributed by atoms with Crippen LogP contribution >= 0.6 is 0 Å². The number of oxazole rings is 1. The number of benzene rings is 2. The minimum atomic E-state index is -0.120. The molecular formula is C24H27N5O3. The number of aromatic nitrogens is 1. The van der Waals surface area contributed by atoms with E-state index < -0.39 is 0 Å². The maximum Gasteiger partial charge on any atom is 0.321 e. The topological polar surface area (TPSA) is 81.9 Å². The smallest absolute Gasteiger partial charge is 0.321 e. The molecule has 3 amide bonds. The number of fused-ring (bicyclic) bond motifs is 1. The van der Waals surface area contributed by atoms with Crippen LogP contribution in [0.2, 0.25) is 0 Å². The first-order chi connectivity index (χ1) is 15.7. The Hall–Kier alpha value is -3.39. The number of nitrogens with zero attached hydrogens (tertiary/aromatic N) is 4. The fraction of sp³-hybridized carbons (Fsp3) is 0.375. The summed E-state index contributed by atoms with van der Waals surface area (Å²) < 4.78 is 5.80. The van der Waals surface area contributed by atoms with Gasteiger partial charge in [-0.1, -0.05) is 12.1 Å². The molecule has 8 heteroatoms. The summed E-state index contributed by atoms with van der Waals surface area (Å²) in [4.78, 5) is 35.4. The minimum absolute atomic E-state index is 0.120. The number of piperazine rings is 1. The molecule has 1 N–H and O–H groups in total. The third-order valence-electron chi connectivity index (χ3n) is 6.15. The van der Waals surface area contributed by atoms with Crippen LogP contribution in [0.15, 0.2) is 52.9 Å². The van der Waals surface area contributed by atoms with Gasteiger partial charge in [0.15, 0.2) is 5.58 Å². The second-order valence-corrected chi connectivity index (χ2v) is 8.35. The molecule has 2 aromatic carbocycles. The zero-order valence-corrected chi connectivity index (χ0v) is 18.0. The zero-order valence-electron chi connectivity index (χ0n) is 18.0. The van der Waals surface area contributed by atoms with Gasteiger partial charge in [-0.15, -0.1) is 0 Å². The number of hydrogen-bond acceptors (Lipinski definition) is 5. The maximum absolute atomic E-state index is 12.7. The Bertz CT molecular complexity index is 1060. The van der Waals surface area contributed by atoms with E-state index in [4.69, 9.17) is 4.42 Å². The van der Waals surface area contributed by atoms with Crippen LogP contribution in [0.5, 0.6) is 0 Å². The summed E-state index contributed by atoms with van der Waals surface area (Å²) in [6.07, 6.45) is 2.21. The van der Waals surface area contributed by atoms with Crippen molar-refractivity contribution in [3.8, 4) is 11.5 Å². The number of rotatable bonds is 4. The van der Waals surface area contributed by atoms with E-state index in [1.807, 2.05) is 53.4 Å². The van der Waals surface area contributed by atoms with Crippen molar-refractivity contribution in [2.45, 2.75) is 12.8 Å². The molecule has 2 saturated heterocycles. The van der Waals surface area contributed by atoms with Gasteiger partial charge >= 0.3 is 6.03 Å². The molecule has 0 spiro atoms. The van der Waals surface area contributed by atoms with Crippen molar-refractivity contribution in [3.63, 3.8) is 0 Å². The molecule has 2 aliphatic heterocycles. The SMILES string of the molecule is O=C(CN1CCN(C(=O)Nc2ccc(-c3nc4ccccc4o3)cc2)CC1)N1CCCC1. The molecule has 2 fully saturated rings. The summed E-state index contributed by atoms with van der Waals surface area (Å²) in [5.41, 5.74) is 3.15. The Kier molecular flexibility index (Phi) is 5.77. The van der Waals surface area contributed by atoms with Crippen LogP contribution < -0.4 is 5.32 Å². The molecule has 1 aromatic heterocycles. The Balaban J connectivity index is 1.13. The molecule has 5 rings (SSSR count). The highest BCUT2D eigenvalue weighted by Gasteiger charge is 2.25. The predicted octanol–water partition coefficient (Wildman–Crippen LogP) is 3.27. The van der Waals surface area contributed by atoms with Crippen molar-refractivity contribution in [1.29, 1.82) is 0 Å². The van der Waals surface area contributed by atoms with Crippen LogP contribution in [-0.4, -0.2) is 77.4 Å². The van der Waals surface area contributed by atoms with E-state index >= 15 is 0 Å². The largest absolute Gasteiger partial charge is 0.436 e. The van der Waals surface area contributed by atoms with Gasteiger partial charge in [0.05, 0.1) is 6.54 Å². The number of amides is 3. The van der Waals surface area contributed by atoms with E-state index in [2.05, 4.69) is 15.2 Å². The Morgan fingerprint density at radius 3 is 2.31 bits per heavy atom. The lowest BCUT2D eigenvalue weighted by atomic mass is 10.2. The summed E-state index contributed by atoms with van der Waals surface area (Å²) >= 11 is 0. The summed E-state index contributed by atoms with van der Waals surface area (Å²) in [7, 11) is 0. The van der Waals surface area contributed by atoms with Gasteiger partial charge in [0.25, 0.3) is 0 Å². The molecule has 32 heavy (non-hydrogen) atoms. The lowest BCUT2D eigenvalue weighted by Crippen LogP contribution is -2.52. The average molecular weight is 434 g/mol. The van der Waals surface area contributed by atoms with E-state index in [-0.39, 0.29) is 11.9 Å². The van der Waals surface area contributed by atoms with Gasteiger partial charge < -0.3 is 19.5 Å². The minimum Gasteiger partial charge on any atom is -0.436 e. The van der Waals surface area contributed by atoms with Gasteiger partial charge in [-0.05, 0) is 49.2 Å². The number of para-hydroxylation sites is 2. The lowest BCUT2D eigenvalue weighted by Gasteiger charge is -2.35. The second kappa shape index (κ2) is 9.00. The first-order valence-electron chi connectivity index (χ1n) is 11.2. The van der Waals surface area contributed by atoms with E-state index in [0.29, 0.717) is 38.6 Å². The number of nitrogens with one attached hydrogen (secondary N) is 1. The van der Waals surface area contributed by atoms with E-state index in [9.17, 15) is 9.59 Å². The summed E-state index contributed by atoms with van der Waals surface area (Å²) in [6, 6.07) is 15.0. The van der Waals surface area contributed by atoms with Gasteiger partial charge in [0.1, 0.15) is 5.52 Å². The highest BCUT2D eigenvalue weighted by molar-refractivity contribution is 5.89. The number of hydrogen-bond donors (Lipinski definition) is 1. The first-order valence-corrected chi connectivity index (χ1v) is 11.2. The van der Waals surface area contributed by atoms with Gasteiger partial charge in [-0.2, -0.15) is 0 Å². The van der Waals surface area contributed by atoms with Crippen LogP contribution in [0, 0.1) is 0 Å². The van der Waals surface area contributed by atoms with Crippen molar-refractivity contribution in [2.24, 2.45) is 0 Å². The van der Waals surface area contributed by atoms with E-state index in [0.717, 1.165) is 48.3 Å². The van der Waals surface area contributed by atoms with Crippen molar-refractivity contribution < 1.29 is 14.0 Å². The maximum atomic E-state index is 12.7. The van der Waals surface area contributed by atoms with Crippen LogP contribution in [-0.2, 0) is 4.79 Å². The predicted molar refractivity (Wildman–Crippen MR) is 122 cm³/mol. The first kappa shape index (κ1) is 20.5. The van der Waals surface area contributed by atoms with Crippen LogP contribution in [0.4, 0.5) is 10.5 Å². The molecule has 0 radical (unpaired) electrons. The average Bonchev–Trinajstić information content (AvgIpc) is 3.50. The molecule has 0 aliphatic carbocycles. The van der Waals surface area contributed by atoms with Crippen molar-refractivity contribution in [3.05, 3.63) is 48.5 Å². The normalized spacial score (nSPS) is 17.1. The van der Waals surface area contributed by atoms with Crippen LogP contribution in [0.25, 0.3) is 22.6 Å². The number of urea groups is 1. The fourth-order valence-corrected chi connectivity index (χ4v) is 4.26. The van der Waals surface area contributed by atoms with Gasteiger partial charge in [-0.25, -0.2) is 9.78 Å². The molecular weight excluding hydrogens is 406 g/mol. The van der Waals surface area contributed by atoms with Crippen molar-refractivity contribution >= 4 is 28.7 Å². The van der Waals surface area contributed by atoms with Crippen LogP contribution in [0.3, 0.4) is 0 Å². The van der Waals surface area contributed by atoms with Gasteiger partial charge in [0.2, 0.25) is 11.8 Å². The molecule has 3 aromatic rings. The number of carbonyl (C=O) groups is 2. The standard InChI is InChI=1S/C24H27N5O3/c30-22(28-11-3-4-12-28)17-27-13-15-29(16-14-27)24(31)25-19-9-7-18(8-10-19)23-26-20-5-1-2-6-21(20)32-23/h1-2,5-10H,3-4,11-17H2,(H,25,31). The van der Waals surface area contributed by atoms with Crippen molar-refractivity contribution in [2.75, 3.05) is 51.1 Å². The molecule has 3 heterocycles. The van der Waals surface area contributed by atoms with Crippen molar-refractivity contribution in [1.82, 2.24) is 19.7 Å². The Labute approximate surface area is 186 Å². The highest BCUT2D eigenvalue weighted by atomic mass is 16.3. The molecule has 0 bridgehead atoms. The summed E-state index contributed by atoms with van der Waals surface area (Å²) in [5.74, 6) is 0.767. The number of carbonyl (C=O) groups excluding carboxylic acids is 2. The Morgan fingerprint density at radius 1 is 0.875 bits per heavy atom. The molecule has 0 atom stereocenters. The fourth-order valence-electron chi connectivity index (χ4n) is 4.26. The highest BCUT2D eigenvalue weighted by Crippen LogP contribution is 2.25. The molecule has 0 unspecified atom stereocenters. The second-order valence-electron chi connectivity index (χ2n) is 8.35. The van der Waals surface area contributed by atoms with Gasteiger partial charge in [-0.3, -0.25) is 9.69 Å². The van der Waals surface area contributed by atoms with Crippen LogP contribution in [0.1, 0.15) is 12.8 Å². The monoisotopic (exact) mass is 433 g/mol. The summed E-state index contributed by atoms with van der Waals surface area (Å²) in [6.45, 7) is 4.86. The molecule has 2 aliphatic rings. The Morgan fingerprint density at radius 2 is 1.59 bits per heavy atom. The zero-order chi connectivity index (χ0) is 21.9. The summed E-state index contributed by atoms with van der Waals surface area (Å²) in [5, 5.41) is 2.96. The third kappa shape index (κ3) is 4.45. The quantitative estimate of drug-likeness (QED) is 0.683. The molecule has 0 saturated carbocycles. The van der Waals surface area contributed by atoms with Gasteiger partial charge in [0, 0.05) is 50.5 Å². The lowest BCUT2D eigenvalue weighted by molar-refractivity contribution is -0.131. The van der Waals surface area contributed by atoms with E-state index in [1.54, 1.807) is 4.90 Å². The van der Waals surface area contributed by atoms with E-state index in [1.165, 1.54) is 0 Å². The number of likely N-dealkylation sites (tertiary alicyclic amines) is 1. The third-order valence-corrected chi connectivity index (χ3v) is 6.15. The molecule has 166 valence electrons.